The molecule has 0 aromatic heterocycles. The van der Waals surface area contributed by atoms with Crippen LogP contribution in [0.5, 0.6) is 0 Å². The molecule has 186 valence electrons. The molecular formula is C25H22ClN3O6S. The molecule has 1 aliphatic rings. The van der Waals surface area contributed by atoms with Crippen molar-refractivity contribution in [3.05, 3.63) is 94.0 Å². The summed E-state index contributed by atoms with van der Waals surface area (Å²) < 4.78 is 35.1. The van der Waals surface area contributed by atoms with Crippen LogP contribution in [0, 0.1) is 6.92 Å². The molecule has 3 aromatic carbocycles. The Morgan fingerprint density at radius 2 is 1.78 bits per heavy atom. The van der Waals surface area contributed by atoms with E-state index in [0.717, 1.165) is 5.56 Å². The number of nitrogens with one attached hydrogen (secondary N) is 1. The smallest absolute Gasteiger partial charge is 0.322 e. The van der Waals surface area contributed by atoms with E-state index < -0.39 is 10.4 Å². The Morgan fingerprint density at radius 3 is 2.50 bits per heavy atom. The fourth-order valence-electron chi connectivity index (χ4n) is 3.95. The van der Waals surface area contributed by atoms with Crippen molar-refractivity contribution in [3.8, 4) is 0 Å². The number of hydrogen-bond acceptors (Lipinski definition) is 6. The van der Waals surface area contributed by atoms with Gasteiger partial charge in [0.05, 0.1) is 22.0 Å². The highest BCUT2D eigenvalue weighted by Gasteiger charge is 2.27. The molecule has 11 heteroatoms. The van der Waals surface area contributed by atoms with E-state index in [2.05, 4.69) is 14.8 Å². The fourth-order valence-corrected chi connectivity index (χ4v) is 4.39. The summed E-state index contributed by atoms with van der Waals surface area (Å²) in [6.07, 6.45) is 0.768. The third-order valence-corrected chi connectivity index (χ3v) is 6.21. The minimum absolute atomic E-state index is 0.160. The van der Waals surface area contributed by atoms with Crippen LogP contribution in [0.15, 0.2) is 71.9 Å². The predicted octanol–water partition coefficient (Wildman–Crippen LogP) is 4.86. The van der Waals surface area contributed by atoms with Crippen molar-refractivity contribution in [1.82, 2.24) is 0 Å². The molecule has 2 N–H and O–H groups in total. The maximum Gasteiger partial charge on any atom is 0.466 e. The van der Waals surface area contributed by atoms with Crippen molar-refractivity contribution < 1.29 is 26.8 Å². The van der Waals surface area contributed by atoms with E-state index in [-0.39, 0.29) is 28.1 Å². The molecule has 0 bridgehead atoms. The molecule has 0 fully saturated rings. The minimum Gasteiger partial charge on any atom is -0.322 e. The molecule has 36 heavy (non-hydrogen) atoms. The van der Waals surface area contributed by atoms with E-state index in [0.29, 0.717) is 41.9 Å². The van der Waals surface area contributed by atoms with Gasteiger partial charge in [-0.15, -0.1) is 0 Å². The molecule has 9 nitrogen and oxygen atoms in total. The molecule has 4 rings (SSSR count). The van der Waals surface area contributed by atoms with Crippen LogP contribution in [-0.4, -0.2) is 37.0 Å². The van der Waals surface area contributed by atoms with E-state index in [1.165, 1.54) is 11.0 Å². The number of oxime groups is 1. The Morgan fingerprint density at radius 1 is 1.06 bits per heavy atom. The molecule has 0 spiro atoms. The zero-order chi connectivity index (χ0) is 25.9. The second kappa shape index (κ2) is 10.5. The van der Waals surface area contributed by atoms with E-state index in [1.807, 2.05) is 19.1 Å². The molecule has 0 atom stereocenters. The number of benzene rings is 3. The first-order chi connectivity index (χ1) is 17.1. The number of halogens is 1. The average molecular weight is 528 g/mol. The number of fused-ring (bicyclic) bond motifs is 1. The van der Waals surface area contributed by atoms with Gasteiger partial charge in [-0.05, 0) is 55.7 Å². The second-order valence-corrected chi connectivity index (χ2v) is 9.49. The van der Waals surface area contributed by atoms with Gasteiger partial charge < -0.3 is 10.2 Å². The zero-order valence-corrected chi connectivity index (χ0v) is 20.7. The van der Waals surface area contributed by atoms with E-state index in [9.17, 15) is 18.0 Å². The van der Waals surface area contributed by atoms with Gasteiger partial charge in [0.15, 0.2) is 0 Å². The number of nitrogens with zero attached hydrogens (tertiary/aromatic N) is 2. The van der Waals surface area contributed by atoms with Crippen LogP contribution < -0.4 is 10.2 Å². The van der Waals surface area contributed by atoms with Crippen LogP contribution in [0.1, 0.15) is 44.7 Å². The Kier molecular flexibility index (Phi) is 7.39. The summed E-state index contributed by atoms with van der Waals surface area (Å²) in [4.78, 5) is 27.7. The first kappa shape index (κ1) is 25.4. The summed E-state index contributed by atoms with van der Waals surface area (Å²) in [5.41, 5.74) is 3.30. The maximum absolute atomic E-state index is 13.5. The highest BCUT2D eigenvalue weighted by atomic mass is 35.5. The molecule has 0 saturated carbocycles. The van der Waals surface area contributed by atoms with Crippen molar-refractivity contribution in [3.63, 3.8) is 0 Å². The first-order valence-corrected chi connectivity index (χ1v) is 12.7. The number of carbonyl (C=O) groups excluding carboxylic acids is 2. The molecule has 1 heterocycles. The van der Waals surface area contributed by atoms with Crippen LogP contribution in [0.25, 0.3) is 0 Å². The van der Waals surface area contributed by atoms with Gasteiger partial charge in [0, 0.05) is 23.4 Å². The molecule has 0 radical (unpaired) electrons. The van der Waals surface area contributed by atoms with Crippen LogP contribution >= 0.6 is 11.6 Å². The van der Waals surface area contributed by atoms with E-state index in [4.69, 9.17) is 16.2 Å². The molecule has 0 aliphatic carbocycles. The summed E-state index contributed by atoms with van der Waals surface area (Å²) in [7, 11) is -4.76. The highest BCUT2D eigenvalue weighted by Crippen LogP contribution is 2.31. The summed E-state index contributed by atoms with van der Waals surface area (Å²) >= 11 is 6.46. The average Bonchev–Trinajstić information content (AvgIpc) is 3.02. The Bertz CT molecular complexity index is 1470. The first-order valence-electron chi connectivity index (χ1n) is 10.9. The zero-order valence-electron chi connectivity index (χ0n) is 19.1. The van der Waals surface area contributed by atoms with Crippen molar-refractivity contribution in [2.75, 3.05) is 16.8 Å². The molecular weight excluding hydrogens is 506 g/mol. The van der Waals surface area contributed by atoms with Gasteiger partial charge in [0.2, 0.25) is 0 Å². The molecule has 0 saturated heterocycles. The van der Waals surface area contributed by atoms with Crippen LogP contribution in [0.3, 0.4) is 0 Å². The van der Waals surface area contributed by atoms with Gasteiger partial charge in [-0.2, -0.15) is 8.42 Å². The number of hydrogen-bond donors (Lipinski definition) is 2. The van der Waals surface area contributed by atoms with Crippen molar-refractivity contribution in [1.29, 1.82) is 0 Å². The maximum atomic E-state index is 13.5. The summed E-state index contributed by atoms with van der Waals surface area (Å²) in [6, 6.07) is 18.7. The number of amides is 2. The lowest BCUT2D eigenvalue weighted by Crippen LogP contribution is -2.32. The lowest BCUT2D eigenvalue weighted by Gasteiger charge is -2.23. The summed E-state index contributed by atoms with van der Waals surface area (Å²) in [5, 5.41) is 6.54. The molecule has 1 aliphatic heterocycles. The van der Waals surface area contributed by atoms with Crippen molar-refractivity contribution >= 4 is 50.9 Å². The van der Waals surface area contributed by atoms with E-state index in [1.54, 1.807) is 48.5 Å². The lowest BCUT2D eigenvalue weighted by molar-refractivity contribution is 0.0986. The predicted molar refractivity (Wildman–Crippen MR) is 137 cm³/mol. The monoisotopic (exact) mass is 527 g/mol. The number of para-hydroxylation sites is 1. The Balaban J connectivity index is 1.60. The Hall–Kier alpha value is -3.73. The Labute approximate surface area is 213 Å². The summed E-state index contributed by atoms with van der Waals surface area (Å²) in [6.45, 7) is 2.15. The third kappa shape index (κ3) is 5.73. The molecule has 3 aromatic rings. The molecule has 0 unspecified atom stereocenters. The van der Waals surface area contributed by atoms with Crippen molar-refractivity contribution in [2.24, 2.45) is 5.16 Å². The van der Waals surface area contributed by atoms with Gasteiger partial charge in [0.25, 0.3) is 11.8 Å². The summed E-state index contributed by atoms with van der Waals surface area (Å²) in [5.74, 6) is -0.662. The normalized spacial score (nSPS) is 14.6. The van der Waals surface area contributed by atoms with Gasteiger partial charge in [0.1, 0.15) is 0 Å². The number of carbonyl (C=O) groups is 2. The topological polar surface area (TPSA) is 125 Å². The standard InChI is InChI=1S/C25H22ClN3O6S/c1-16-7-2-3-8-18(16)24(30)27-17-12-13-19(21(26)15-17)25(31)29-14-6-10-22(28-35-36(32,33)34)20-9-4-5-11-23(20)29/h2-5,7-9,11-13,15H,6,10,14H2,1H3,(H,27,30)(H,32,33,34)/b28-22-. The molecule has 2 amide bonds. The largest absolute Gasteiger partial charge is 0.466 e. The van der Waals surface area contributed by atoms with Crippen molar-refractivity contribution in [2.45, 2.75) is 19.8 Å². The van der Waals surface area contributed by atoms with Crippen LogP contribution in [0.2, 0.25) is 5.02 Å². The second-order valence-electron chi connectivity index (χ2n) is 8.08. The lowest BCUT2D eigenvalue weighted by atomic mass is 10.1. The van der Waals surface area contributed by atoms with E-state index >= 15 is 0 Å². The van der Waals surface area contributed by atoms with Crippen LogP contribution in [0.4, 0.5) is 11.4 Å². The fraction of sp³-hybridized carbons (Fsp3) is 0.160. The minimum atomic E-state index is -4.76. The van der Waals surface area contributed by atoms with Gasteiger partial charge in [-0.1, -0.05) is 53.2 Å². The van der Waals surface area contributed by atoms with Crippen LogP contribution in [-0.2, 0) is 14.7 Å². The highest BCUT2D eigenvalue weighted by molar-refractivity contribution is 7.80. The van der Waals surface area contributed by atoms with Gasteiger partial charge in [-0.3, -0.25) is 14.1 Å². The number of rotatable bonds is 5. The van der Waals surface area contributed by atoms with Gasteiger partial charge in [-0.25, -0.2) is 4.28 Å². The third-order valence-electron chi connectivity index (χ3n) is 5.63. The SMILES string of the molecule is Cc1ccccc1C(=O)Nc1ccc(C(=O)N2CCC/C(=N/OS(=O)(=O)O)c3ccccc32)c(Cl)c1. The number of aryl methyl sites for hydroxylation is 1. The van der Waals surface area contributed by atoms with Gasteiger partial charge >= 0.3 is 10.4 Å². The number of anilines is 2. The quantitative estimate of drug-likeness (QED) is 0.360.